The van der Waals surface area contributed by atoms with Crippen LogP contribution in [0.1, 0.15) is 77.3 Å². The molecule has 2 heterocycles. The van der Waals surface area contributed by atoms with Crippen molar-refractivity contribution < 1.29 is 20.1 Å². The molecule has 5 nitrogen and oxygen atoms in total. The Balaban J connectivity index is 1.46. The Hall–Kier alpha value is -1.30. The average Bonchev–Trinajstić information content (AvgIpc) is 3.48. The normalized spacial score (nSPS) is 44.8. The first kappa shape index (κ1) is 21.0. The molecule has 1 aromatic carbocycles. The lowest BCUT2D eigenvalue weighted by Gasteiger charge is -2.75. The molecular weight excluding hydrogens is 414 g/mol. The highest BCUT2D eigenvalue weighted by Crippen LogP contribution is 2.77. The van der Waals surface area contributed by atoms with Crippen LogP contribution >= 0.6 is 0 Å². The molecule has 5 fully saturated rings. The van der Waals surface area contributed by atoms with Crippen molar-refractivity contribution in [3.05, 3.63) is 23.3 Å². The molecule has 8 rings (SSSR count). The van der Waals surface area contributed by atoms with Gasteiger partial charge >= 0.3 is 0 Å². The lowest BCUT2D eigenvalue weighted by atomic mass is 9.33. The smallest absolute Gasteiger partial charge is 0.165 e. The number of hydrogen-bond acceptors (Lipinski definition) is 5. The predicted octanol–water partition coefficient (Wildman–Crippen LogP) is 3.76. The number of benzene rings is 1. The summed E-state index contributed by atoms with van der Waals surface area (Å²) in [5.41, 5.74) is -0.323. The fourth-order valence-electron chi connectivity index (χ4n) is 9.26. The van der Waals surface area contributed by atoms with Gasteiger partial charge in [-0.25, -0.2) is 0 Å². The SMILES string of the molecule is CC(C)(C)[C@@](C)(O)[C@H]1C[C@@]23CC[C@@]1(O)[C@H]1Oc4c(O)ccc5c4[C@@]12CCN(CC1CC1)C3C5. The van der Waals surface area contributed by atoms with Crippen LogP contribution in [-0.2, 0) is 11.8 Å². The van der Waals surface area contributed by atoms with Gasteiger partial charge < -0.3 is 20.1 Å². The van der Waals surface area contributed by atoms with E-state index in [1.807, 2.05) is 6.92 Å². The molecule has 5 aliphatic carbocycles. The fourth-order valence-corrected chi connectivity index (χ4v) is 9.26. The number of hydrogen-bond donors (Lipinski definition) is 3. The molecule has 3 N–H and O–H groups in total. The Morgan fingerprint density at radius 3 is 2.58 bits per heavy atom. The van der Waals surface area contributed by atoms with Crippen molar-refractivity contribution >= 4 is 0 Å². The van der Waals surface area contributed by atoms with Crippen molar-refractivity contribution in [1.82, 2.24) is 4.90 Å². The largest absolute Gasteiger partial charge is 0.504 e. The van der Waals surface area contributed by atoms with E-state index in [2.05, 4.69) is 31.7 Å². The lowest BCUT2D eigenvalue weighted by Crippen LogP contribution is -2.82. The van der Waals surface area contributed by atoms with E-state index < -0.39 is 17.3 Å². The molecule has 4 bridgehead atoms. The van der Waals surface area contributed by atoms with Gasteiger partial charge in [0, 0.05) is 34.9 Å². The van der Waals surface area contributed by atoms with Crippen LogP contribution in [0, 0.1) is 22.7 Å². The molecule has 0 amide bonds. The zero-order valence-electron chi connectivity index (χ0n) is 20.5. The molecule has 180 valence electrons. The number of aromatic hydroxyl groups is 1. The maximum absolute atomic E-state index is 12.5. The summed E-state index contributed by atoms with van der Waals surface area (Å²) < 4.78 is 6.68. The van der Waals surface area contributed by atoms with Gasteiger partial charge in [0.2, 0.25) is 0 Å². The average molecular weight is 454 g/mol. The van der Waals surface area contributed by atoms with Crippen LogP contribution in [0.4, 0.5) is 0 Å². The molecule has 4 saturated carbocycles. The van der Waals surface area contributed by atoms with Crippen LogP contribution in [0.15, 0.2) is 12.1 Å². The maximum atomic E-state index is 12.5. The first-order chi connectivity index (χ1) is 15.5. The number of ether oxygens (including phenoxy) is 1. The number of likely N-dealkylation sites (tertiary alicyclic amines) is 1. The number of nitrogens with zero attached hydrogens (tertiary/aromatic N) is 1. The number of piperidine rings is 1. The van der Waals surface area contributed by atoms with Gasteiger partial charge in [0.15, 0.2) is 11.5 Å². The molecule has 0 radical (unpaired) electrons. The van der Waals surface area contributed by atoms with Gasteiger partial charge in [0.25, 0.3) is 0 Å². The molecule has 1 unspecified atom stereocenters. The molecule has 1 aromatic rings. The highest BCUT2D eigenvalue weighted by Gasteiger charge is 2.81. The molecular formula is C28H39NO4. The minimum Gasteiger partial charge on any atom is -0.504 e. The number of rotatable bonds is 3. The van der Waals surface area contributed by atoms with Gasteiger partial charge in [-0.1, -0.05) is 26.8 Å². The minimum atomic E-state index is -1.11. The second kappa shape index (κ2) is 5.91. The molecule has 33 heavy (non-hydrogen) atoms. The van der Waals surface area contributed by atoms with E-state index in [1.165, 1.54) is 30.5 Å². The van der Waals surface area contributed by atoms with Crippen molar-refractivity contribution in [3.8, 4) is 11.5 Å². The van der Waals surface area contributed by atoms with Gasteiger partial charge in [-0.2, -0.15) is 0 Å². The van der Waals surface area contributed by atoms with Gasteiger partial charge in [-0.3, -0.25) is 4.90 Å². The van der Waals surface area contributed by atoms with E-state index in [1.54, 1.807) is 6.07 Å². The summed E-state index contributed by atoms with van der Waals surface area (Å²) in [6.45, 7) is 10.4. The highest BCUT2D eigenvalue weighted by molar-refractivity contribution is 5.63. The summed E-state index contributed by atoms with van der Waals surface area (Å²) in [7, 11) is 0. The van der Waals surface area contributed by atoms with E-state index >= 15 is 0 Å². The van der Waals surface area contributed by atoms with Crippen molar-refractivity contribution in [2.45, 2.75) is 101 Å². The van der Waals surface area contributed by atoms with Crippen molar-refractivity contribution in [1.29, 1.82) is 0 Å². The van der Waals surface area contributed by atoms with Gasteiger partial charge in [-0.05, 0) is 81.4 Å². The number of aliphatic hydroxyl groups is 2. The van der Waals surface area contributed by atoms with Crippen LogP contribution < -0.4 is 4.74 Å². The van der Waals surface area contributed by atoms with Crippen molar-refractivity contribution in [2.75, 3.05) is 13.1 Å². The maximum Gasteiger partial charge on any atom is 0.165 e. The number of phenolic OH excluding ortho intramolecular Hbond substituents is 1. The van der Waals surface area contributed by atoms with E-state index in [0.717, 1.165) is 38.1 Å². The summed E-state index contributed by atoms with van der Waals surface area (Å²) in [6.07, 6.45) is 6.71. The van der Waals surface area contributed by atoms with E-state index in [0.29, 0.717) is 18.2 Å². The summed E-state index contributed by atoms with van der Waals surface area (Å²) in [4.78, 5) is 2.77. The Labute approximate surface area is 197 Å². The topological polar surface area (TPSA) is 73.2 Å². The van der Waals surface area contributed by atoms with Crippen LogP contribution in [0.25, 0.3) is 0 Å². The first-order valence-electron chi connectivity index (χ1n) is 13.2. The lowest BCUT2D eigenvalue weighted by molar-refractivity contribution is -0.305. The molecule has 1 saturated heterocycles. The van der Waals surface area contributed by atoms with Gasteiger partial charge in [-0.15, -0.1) is 0 Å². The molecule has 2 aliphatic heterocycles. The molecule has 7 atom stereocenters. The summed E-state index contributed by atoms with van der Waals surface area (Å²) in [5.74, 6) is 1.39. The third-order valence-electron chi connectivity index (χ3n) is 11.5. The van der Waals surface area contributed by atoms with Crippen molar-refractivity contribution in [3.63, 3.8) is 0 Å². The van der Waals surface area contributed by atoms with Crippen LogP contribution in [0.3, 0.4) is 0 Å². The fraction of sp³-hybridized carbons (Fsp3) is 0.786. The van der Waals surface area contributed by atoms with Crippen LogP contribution in [-0.4, -0.2) is 56.7 Å². The van der Waals surface area contributed by atoms with Crippen LogP contribution in [0.2, 0.25) is 0 Å². The Kier molecular flexibility index (Phi) is 3.76. The van der Waals surface area contributed by atoms with E-state index in [-0.39, 0.29) is 27.9 Å². The number of phenols is 1. The third kappa shape index (κ3) is 2.22. The monoisotopic (exact) mass is 453 g/mol. The first-order valence-corrected chi connectivity index (χ1v) is 13.2. The summed E-state index contributed by atoms with van der Waals surface area (Å²) in [6, 6.07) is 4.30. The van der Waals surface area contributed by atoms with E-state index in [9.17, 15) is 15.3 Å². The Bertz CT molecular complexity index is 1040. The third-order valence-corrected chi connectivity index (χ3v) is 11.5. The molecule has 2 spiro atoms. The van der Waals surface area contributed by atoms with E-state index in [4.69, 9.17) is 4.74 Å². The van der Waals surface area contributed by atoms with Gasteiger partial charge in [0.1, 0.15) is 11.7 Å². The van der Waals surface area contributed by atoms with Crippen molar-refractivity contribution in [2.24, 2.45) is 22.7 Å². The quantitative estimate of drug-likeness (QED) is 0.650. The zero-order chi connectivity index (χ0) is 23.2. The predicted molar refractivity (Wildman–Crippen MR) is 125 cm³/mol. The number of fused-ring (bicyclic) bond motifs is 2. The summed E-state index contributed by atoms with van der Waals surface area (Å²) >= 11 is 0. The standard InChI is InChI=1S/C28H39NO4/c1-24(2,3)25(4,31)19-14-26-9-10-28(19,32)23-27(26)11-12-29(15-16-5-6-16)20(26)13-17-7-8-18(30)22(33-23)21(17)27/h7-8,16,19-20,23,30-32H,5-6,9-15H2,1-4H3/t19-,20?,23+,25+,26-,27+,28+/m1/s1. The minimum absolute atomic E-state index is 0.0404. The highest BCUT2D eigenvalue weighted by atomic mass is 16.5. The Morgan fingerprint density at radius 2 is 1.88 bits per heavy atom. The molecule has 5 heteroatoms. The van der Waals surface area contributed by atoms with Gasteiger partial charge in [0.05, 0.1) is 5.60 Å². The molecule has 0 aromatic heterocycles. The van der Waals surface area contributed by atoms with Crippen LogP contribution in [0.5, 0.6) is 11.5 Å². The zero-order valence-corrected chi connectivity index (χ0v) is 20.5. The summed E-state index contributed by atoms with van der Waals surface area (Å²) in [5, 5.41) is 35.3. The molecule has 7 aliphatic rings. The second-order valence-corrected chi connectivity index (χ2v) is 13.6. The second-order valence-electron chi connectivity index (χ2n) is 13.6. The Morgan fingerprint density at radius 1 is 1.12 bits per heavy atom.